The highest BCUT2D eigenvalue weighted by atomic mass is 35.5. The number of aliphatic imine (C=N–C) groups is 1. The van der Waals surface area contributed by atoms with Gasteiger partial charge in [-0.25, -0.2) is 9.38 Å². The van der Waals surface area contributed by atoms with Gasteiger partial charge in [-0.3, -0.25) is 14.5 Å². The Morgan fingerprint density at radius 2 is 2.00 bits per heavy atom. The molecule has 0 radical (unpaired) electrons. The molecular formula is C19H15ClF3N3O3S. The molecule has 0 bridgehead atoms. The first-order valence-electron chi connectivity index (χ1n) is 8.55. The first-order chi connectivity index (χ1) is 14.1. The van der Waals surface area contributed by atoms with Crippen LogP contribution in [0.4, 0.5) is 24.5 Å². The van der Waals surface area contributed by atoms with Crippen molar-refractivity contribution in [3.8, 4) is 5.75 Å². The van der Waals surface area contributed by atoms with Crippen molar-refractivity contribution in [2.75, 3.05) is 12.4 Å². The second-order valence-electron chi connectivity index (χ2n) is 6.20. The van der Waals surface area contributed by atoms with E-state index in [2.05, 4.69) is 15.0 Å². The van der Waals surface area contributed by atoms with Crippen LogP contribution in [0.15, 0.2) is 53.5 Å². The van der Waals surface area contributed by atoms with Gasteiger partial charge in [0.1, 0.15) is 16.8 Å². The molecule has 0 aliphatic carbocycles. The third-order valence-corrected chi connectivity index (χ3v) is 5.27. The van der Waals surface area contributed by atoms with Crippen molar-refractivity contribution in [3.63, 3.8) is 0 Å². The number of hydrogen-bond donors (Lipinski definition) is 1. The van der Waals surface area contributed by atoms with Crippen molar-refractivity contribution in [2.24, 2.45) is 4.99 Å². The molecule has 158 valence electrons. The molecule has 1 aliphatic heterocycles. The molecule has 0 spiro atoms. The molecule has 1 fully saturated rings. The van der Waals surface area contributed by atoms with E-state index in [1.165, 1.54) is 54.4 Å². The van der Waals surface area contributed by atoms with Gasteiger partial charge in [-0.05, 0) is 42.5 Å². The van der Waals surface area contributed by atoms with Gasteiger partial charge in [0.2, 0.25) is 11.8 Å². The number of carbonyl (C=O) groups excluding carboxylic acids is 2. The van der Waals surface area contributed by atoms with Gasteiger partial charge in [0.25, 0.3) is 0 Å². The number of halogens is 4. The van der Waals surface area contributed by atoms with E-state index < -0.39 is 22.5 Å². The number of benzene rings is 2. The third kappa shape index (κ3) is 5.90. The van der Waals surface area contributed by atoms with Crippen molar-refractivity contribution in [1.29, 1.82) is 0 Å². The molecule has 2 aromatic rings. The minimum Gasteiger partial charge on any atom is -0.420 e. The zero-order valence-electron chi connectivity index (χ0n) is 15.4. The molecule has 1 atom stereocenters. The van der Waals surface area contributed by atoms with Crippen LogP contribution in [-0.4, -0.2) is 39.7 Å². The van der Waals surface area contributed by atoms with Crippen LogP contribution < -0.4 is 10.1 Å². The highest BCUT2D eigenvalue weighted by Gasteiger charge is 2.34. The van der Waals surface area contributed by atoms with E-state index in [-0.39, 0.29) is 23.2 Å². The average Bonchev–Trinajstić information content (AvgIpc) is 2.65. The van der Waals surface area contributed by atoms with E-state index in [1.807, 2.05) is 0 Å². The SMILES string of the molecule is CN1C(=O)C[C@H](C(=O)Nc2ccc(OC(F)(F)Cl)cc2)SC1=Nc1cccc(F)c1. The van der Waals surface area contributed by atoms with E-state index in [0.29, 0.717) is 11.4 Å². The minimum absolute atomic E-state index is 0.0607. The van der Waals surface area contributed by atoms with Crippen LogP contribution >= 0.6 is 23.4 Å². The summed E-state index contributed by atoms with van der Waals surface area (Å²) in [5, 5.41) is 2.09. The highest BCUT2D eigenvalue weighted by Crippen LogP contribution is 2.30. The maximum absolute atomic E-state index is 13.4. The second-order valence-corrected chi connectivity index (χ2v) is 7.81. The fraction of sp³-hybridized carbons (Fsp3) is 0.211. The molecule has 1 heterocycles. The number of ether oxygens (including phenoxy) is 1. The molecule has 11 heteroatoms. The molecule has 0 aromatic heterocycles. The molecule has 30 heavy (non-hydrogen) atoms. The van der Waals surface area contributed by atoms with Crippen LogP contribution in [0.2, 0.25) is 0 Å². The summed E-state index contributed by atoms with van der Waals surface area (Å²) in [5.74, 6) is -1.44. The molecule has 1 aliphatic rings. The largest absolute Gasteiger partial charge is 0.487 e. The van der Waals surface area contributed by atoms with Crippen molar-refractivity contribution >= 4 is 51.7 Å². The van der Waals surface area contributed by atoms with Crippen LogP contribution in [0.3, 0.4) is 0 Å². The van der Waals surface area contributed by atoms with Gasteiger partial charge in [-0.15, -0.1) is 8.78 Å². The average molecular weight is 458 g/mol. The van der Waals surface area contributed by atoms with Gasteiger partial charge < -0.3 is 10.1 Å². The quantitative estimate of drug-likeness (QED) is 0.667. The number of nitrogens with one attached hydrogen (secondary N) is 1. The predicted octanol–water partition coefficient (Wildman–Crippen LogP) is 4.58. The number of hydrogen-bond acceptors (Lipinski definition) is 5. The van der Waals surface area contributed by atoms with Crippen LogP contribution in [0, 0.1) is 5.82 Å². The lowest BCUT2D eigenvalue weighted by molar-refractivity contribution is -0.128. The number of nitrogens with zero attached hydrogens (tertiary/aromatic N) is 2. The Balaban J connectivity index is 1.70. The van der Waals surface area contributed by atoms with Gasteiger partial charge in [0.15, 0.2) is 5.17 Å². The first-order valence-corrected chi connectivity index (χ1v) is 9.80. The number of amidine groups is 1. The maximum atomic E-state index is 13.4. The Morgan fingerprint density at radius 3 is 2.63 bits per heavy atom. The summed E-state index contributed by atoms with van der Waals surface area (Å²) >= 11 is 5.76. The summed E-state index contributed by atoms with van der Waals surface area (Å²) in [7, 11) is 1.52. The number of anilines is 1. The topological polar surface area (TPSA) is 71.0 Å². The van der Waals surface area contributed by atoms with Gasteiger partial charge in [0.05, 0.1) is 5.69 Å². The lowest BCUT2D eigenvalue weighted by atomic mass is 10.2. The Kier molecular flexibility index (Phi) is 6.57. The molecule has 2 aromatic carbocycles. The number of thioether (sulfide) groups is 1. The third-order valence-electron chi connectivity index (χ3n) is 3.95. The van der Waals surface area contributed by atoms with Gasteiger partial charge >= 0.3 is 5.57 Å². The maximum Gasteiger partial charge on any atom is 0.487 e. The van der Waals surface area contributed by atoms with E-state index in [1.54, 1.807) is 6.07 Å². The summed E-state index contributed by atoms with van der Waals surface area (Å²) < 4.78 is 42.9. The monoisotopic (exact) mass is 457 g/mol. The predicted molar refractivity (Wildman–Crippen MR) is 109 cm³/mol. The van der Waals surface area contributed by atoms with E-state index in [0.717, 1.165) is 11.8 Å². The summed E-state index contributed by atoms with van der Waals surface area (Å²) in [6.45, 7) is 0. The Labute approximate surface area is 179 Å². The number of carbonyl (C=O) groups is 2. The summed E-state index contributed by atoms with van der Waals surface area (Å²) in [5.41, 5.74) is -3.21. The Hall–Kier alpha value is -2.72. The minimum atomic E-state index is -3.84. The van der Waals surface area contributed by atoms with Crippen LogP contribution in [0.5, 0.6) is 5.75 Å². The molecule has 3 rings (SSSR count). The second kappa shape index (κ2) is 8.97. The van der Waals surface area contributed by atoms with Crippen molar-refractivity contribution < 1.29 is 27.5 Å². The van der Waals surface area contributed by atoms with Crippen LogP contribution in [0.1, 0.15) is 6.42 Å². The van der Waals surface area contributed by atoms with E-state index in [9.17, 15) is 22.8 Å². The van der Waals surface area contributed by atoms with Crippen LogP contribution in [0.25, 0.3) is 0 Å². The fourth-order valence-corrected chi connectivity index (χ4v) is 3.67. The molecule has 2 amide bonds. The normalized spacial score (nSPS) is 18.4. The molecule has 0 saturated carbocycles. The fourth-order valence-electron chi connectivity index (χ4n) is 2.52. The summed E-state index contributed by atoms with van der Waals surface area (Å²) in [6, 6.07) is 10.7. The lowest BCUT2D eigenvalue weighted by Crippen LogP contribution is -2.43. The van der Waals surface area contributed by atoms with Gasteiger partial charge in [-0.1, -0.05) is 17.8 Å². The van der Waals surface area contributed by atoms with Crippen molar-refractivity contribution in [3.05, 3.63) is 54.3 Å². The molecule has 6 nitrogen and oxygen atoms in total. The Morgan fingerprint density at radius 1 is 1.30 bits per heavy atom. The smallest absolute Gasteiger partial charge is 0.420 e. The number of amides is 2. The highest BCUT2D eigenvalue weighted by molar-refractivity contribution is 8.15. The van der Waals surface area contributed by atoms with Crippen LogP contribution in [-0.2, 0) is 9.59 Å². The zero-order valence-corrected chi connectivity index (χ0v) is 17.0. The van der Waals surface area contributed by atoms with Gasteiger partial charge in [-0.2, -0.15) is 0 Å². The van der Waals surface area contributed by atoms with Gasteiger partial charge in [0, 0.05) is 30.8 Å². The number of rotatable bonds is 5. The zero-order chi connectivity index (χ0) is 21.9. The molecule has 1 N–H and O–H groups in total. The molecule has 1 saturated heterocycles. The summed E-state index contributed by atoms with van der Waals surface area (Å²) in [6.07, 6.45) is -0.0607. The van der Waals surface area contributed by atoms with Crippen molar-refractivity contribution in [1.82, 2.24) is 4.90 Å². The number of alkyl halides is 3. The van der Waals surface area contributed by atoms with Crippen molar-refractivity contribution in [2.45, 2.75) is 17.2 Å². The van der Waals surface area contributed by atoms with E-state index in [4.69, 9.17) is 11.6 Å². The summed E-state index contributed by atoms with van der Waals surface area (Å²) in [4.78, 5) is 30.4. The molecular weight excluding hydrogens is 443 g/mol. The lowest BCUT2D eigenvalue weighted by Gasteiger charge is -2.28. The Bertz CT molecular complexity index is 983. The first kappa shape index (κ1) is 22.0. The van der Waals surface area contributed by atoms with E-state index >= 15 is 0 Å². The standard InChI is InChI=1S/C19H15ClF3N3O3S/c1-26-16(27)10-15(30-18(26)25-13-4-2-3-11(21)9-13)17(28)24-12-5-7-14(8-6-12)29-19(20,22)23/h2-9,15H,10H2,1H3,(H,24,28)/t15-/m1/s1. The molecule has 0 unspecified atom stereocenters.